The number of halogens is 1. The van der Waals surface area contributed by atoms with E-state index in [1.807, 2.05) is 0 Å². The van der Waals surface area contributed by atoms with Crippen LogP contribution in [0.15, 0.2) is 18.2 Å². The van der Waals surface area contributed by atoms with Gasteiger partial charge in [0.15, 0.2) is 6.10 Å². The van der Waals surface area contributed by atoms with Crippen molar-refractivity contribution in [1.82, 2.24) is 0 Å². The van der Waals surface area contributed by atoms with Crippen LogP contribution in [0, 0.1) is 15.9 Å². The molecule has 0 spiro atoms. The summed E-state index contributed by atoms with van der Waals surface area (Å²) in [6.07, 6.45) is -1.16. The van der Waals surface area contributed by atoms with Crippen LogP contribution in [-0.2, 0) is 4.79 Å². The van der Waals surface area contributed by atoms with E-state index in [-0.39, 0.29) is 5.75 Å². The van der Waals surface area contributed by atoms with Crippen molar-refractivity contribution in [2.75, 3.05) is 0 Å². The fourth-order valence-corrected chi connectivity index (χ4v) is 0.960. The Balaban J connectivity index is 2.95. The van der Waals surface area contributed by atoms with Gasteiger partial charge in [-0.2, -0.15) is 4.39 Å². The van der Waals surface area contributed by atoms with Gasteiger partial charge in [-0.15, -0.1) is 0 Å². The molecular weight excluding hydrogens is 221 g/mol. The Kier molecular flexibility index (Phi) is 3.39. The zero-order valence-corrected chi connectivity index (χ0v) is 8.21. The summed E-state index contributed by atoms with van der Waals surface area (Å²) in [4.78, 5) is 19.9. The van der Waals surface area contributed by atoms with Gasteiger partial charge in [-0.1, -0.05) is 0 Å². The van der Waals surface area contributed by atoms with E-state index in [0.717, 1.165) is 18.2 Å². The molecule has 0 saturated heterocycles. The molecule has 0 aliphatic carbocycles. The Hall–Kier alpha value is -2.18. The number of nitro benzene ring substituents is 1. The number of ether oxygens (including phenoxy) is 1. The van der Waals surface area contributed by atoms with Gasteiger partial charge in [-0.3, -0.25) is 10.1 Å². The van der Waals surface area contributed by atoms with Crippen LogP contribution in [0.25, 0.3) is 0 Å². The molecule has 0 fully saturated rings. The first-order valence-corrected chi connectivity index (χ1v) is 4.25. The quantitative estimate of drug-likeness (QED) is 0.625. The van der Waals surface area contributed by atoms with E-state index in [9.17, 15) is 19.3 Å². The molecule has 16 heavy (non-hydrogen) atoms. The van der Waals surface area contributed by atoms with Crippen molar-refractivity contribution in [3.05, 3.63) is 34.1 Å². The summed E-state index contributed by atoms with van der Waals surface area (Å²) in [6.45, 7) is 1.26. The number of hydrogen-bond donors (Lipinski definition) is 1. The van der Waals surface area contributed by atoms with Crippen molar-refractivity contribution < 1.29 is 24.0 Å². The monoisotopic (exact) mass is 229 g/mol. The van der Waals surface area contributed by atoms with Crippen LogP contribution in [0.4, 0.5) is 10.1 Å². The van der Waals surface area contributed by atoms with Gasteiger partial charge in [-0.25, -0.2) is 4.79 Å². The van der Waals surface area contributed by atoms with E-state index >= 15 is 0 Å². The predicted octanol–water partition coefficient (Wildman–Crippen LogP) is 1.59. The highest BCUT2D eigenvalue weighted by atomic mass is 19.1. The minimum Gasteiger partial charge on any atom is -0.479 e. The molecule has 0 amide bonds. The molecule has 1 rings (SSSR count). The summed E-state index contributed by atoms with van der Waals surface area (Å²) in [7, 11) is 0. The minimum atomic E-state index is -1.22. The molecule has 0 aliphatic rings. The van der Waals surface area contributed by atoms with Gasteiger partial charge >= 0.3 is 11.7 Å². The van der Waals surface area contributed by atoms with E-state index in [1.165, 1.54) is 6.92 Å². The average molecular weight is 229 g/mol. The number of rotatable bonds is 4. The second-order valence-corrected chi connectivity index (χ2v) is 2.97. The van der Waals surface area contributed by atoms with Crippen molar-refractivity contribution in [3.8, 4) is 5.75 Å². The van der Waals surface area contributed by atoms with Crippen molar-refractivity contribution in [2.45, 2.75) is 13.0 Å². The molecule has 1 atom stereocenters. The summed E-state index contributed by atoms with van der Waals surface area (Å²) in [5.41, 5.74) is -0.755. The summed E-state index contributed by atoms with van der Waals surface area (Å²) in [5, 5.41) is 18.9. The van der Waals surface area contributed by atoms with Crippen LogP contribution in [0.2, 0.25) is 0 Å². The number of hydrogen-bond acceptors (Lipinski definition) is 4. The van der Waals surface area contributed by atoms with E-state index in [0.29, 0.717) is 0 Å². The minimum absolute atomic E-state index is 0.0667. The lowest BCUT2D eigenvalue weighted by atomic mass is 10.3. The Labute approximate surface area is 89.4 Å². The largest absolute Gasteiger partial charge is 0.479 e. The summed E-state index contributed by atoms with van der Waals surface area (Å²) in [6, 6.07) is 2.82. The SMILES string of the molecule is C[C@@H](Oc1ccc(F)c([N+](=O)[O-])c1)C(=O)O. The first-order valence-electron chi connectivity index (χ1n) is 4.25. The lowest BCUT2D eigenvalue weighted by Gasteiger charge is -2.09. The number of carbonyl (C=O) groups is 1. The van der Waals surface area contributed by atoms with Crippen LogP contribution in [-0.4, -0.2) is 22.1 Å². The molecule has 0 heterocycles. The first kappa shape index (κ1) is 11.9. The number of nitro groups is 1. The van der Waals surface area contributed by atoms with E-state index < -0.39 is 28.5 Å². The van der Waals surface area contributed by atoms with Crippen molar-refractivity contribution in [1.29, 1.82) is 0 Å². The molecule has 7 heteroatoms. The molecule has 6 nitrogen and oxygen atoms in total. The Bertz CT molecular complexity index is 434. The van der Waals surface area contributed by atoms with Gasteiger partial charge in [0.1, 0.15) is 5.75 Å². The zero-order valence-electron chi connectivity index (χ0n) is 8.21. The highest BCUT2D eigenvalue weighted by molar-refractivity contribution is 5.72. The summed E-state index contributed by atoms with van der Waals surface area (Å²) < 4.78 is 17.8. The highest BCUT2D eigenvalue weighted by Crippen LogP contribution is 2.23. The molecule has 1 aromatic carbocycles. The lowest BCUT2D eigenvalue weighted by Crippen LogP contribution is -2.22. The van der Waals surface area contributed by atoms with Gasteiger partial charge in [0.05, 0.1) is 11.0 Å². The third-order valence-corrected chi connectivity index (χ3v) is 1.77. The molecule has 0 unspecified atom stereocenters. The predicted molar refractivity (Wildman–Crippen MR) is 50.8 cm³/mol. The van der Waals surface area contributed by atoms with Crippen molar-refractivity contribution in [2.24, 2.45) is 0 Å². The zero-order chi connectivity index (χ0) is 12.3. The maximum atomic E-state index is 12.9. The molecule has 0 bridgehead atoms. The Morgan fingerprint density at radius 3 is 2.75 bits per heavy atom. The third kappa shape index (κ3) is 2.66. The number of nitrogens with zero attached hydrogens (tertiary/aromatic N) is 1. The summed E-state index contributed by atoms with van der Waals surface area (Å²) in [5.74, 6) is -2.28. The third-order valence-electron chi connectivity index (χ3n) is 1.77. The van der Waals surface area contributed by atoms with E-state index in [4.69, 9.17) is 9.84 Å². The van der Waals surface area contributed by atoms with Gasteiger partial charge in [0.25, 0.3) is 0 Å². The van der Waals surface area contributed by atoms with Gasteiger partial charge in [-0.05, 0) is 19.1 Å². The number of carboxylic acids is 1. The van der Waals surface area contributed by atoms with Crippen molar-refractivity contribution >= 4 is 11.7 Å². The van der Waals surface area contributed by atoms with Gasteiger partial charge < -0.3 is 9.84 Å². The lowest BCUT2D eigenvalue weighted by molar-refractivity contribution is -0.387. The van der Waals surface area contributed by atoms with E-state index in [1.54, 1.807) is 0 Å². The number of carboxylic acid groups (broad SMARTS) is 1. The fraction of sp³-hybridized carbons (Fsp3) is 0.222. The normalized spacial score (nSPS) is 11.9. The maximum absolute atomic E-state index is 12.9. The van der Waals surface area contributed by atoms with E-state index in [2.05, 4.69) is 0 Å². The van der Waals surface area contributed by atoms with Crippen LogP contribution in [0.1, 0.15) is 6.92 Å². The maximum Gasteiger partial charge on any atom is 0.344 e. The van der Waals surface area contributed by atoms with Crippen LogP contribution in [0.5, 0.6) is 5.75 Å². The topological polar surface area (TPSA) is 89.7 Å². The average Bonchev–Trinajstić information content (AvgIpc) is 2.20. The van der Waals surface area contributed by atoms with Crippen molar-refractivity contribution in [3.63, 3.8) is 0 Å². The number of aliphatic carboxylic acids is 1. The molecule has 86 valence electrons. The smallest absolute Gasteiger partial charge is 0.344 e. The standard InChI is InChI=1S/C9H8FNO5/c1-5(9(12)13)16-6-2-3-7(10)8(4-6)11(14)15/h2-5H,1H3,(H,12,13)/t5-/m1/s1. The fourth-order valence-electron chi connectivity index (χ4n) is 0.960. The number of benzene rings is 1. The van der Waals surface area contributed by atoms with Crippen LogP contribution >= 0.6 is 0 Å². The van der Waals surface area contributed by atoms with Crippen LogP contribution < -0.4 is 4.74 Å². The summed E-state index contributed by atoms with van der Waals surface area (Å²) >= 11 is 0. The Morgan fingerprint density at radius 2 is 2.25 bits per heavy atom. The molecule has 0 aromatic heterocycles. The Morgan fingerprint density at radius 1 is 1.62 bits per heavy atom. The highest BCUT2D eigenvalue weighted by Gasteiger charge is 2.18. The molecule has 0 saturated carbocycles. The van der Waals surface area contributed by atoms with Crippen LogP contribution in [0.3, 0.4) is 0 Å². The second-order valence-electron chi connectivity index (χ2n) is 2.97. The van der Waals surface area contributed by atoms with Gasteiger partial charge in [0, 0.05) is 0 Å². The molecule has 0 radical (unpaired) electrons. The molecule has 1 N–H and O–H groups in total. The molecule has 1 aromatic rings. The first-order chi connectivity index (χ1) is 7.41. The second kappa shape index (κ2) is 4.56. The molecule has 0 aliphatic heterocycles. The molecular formula is C9H8FNO5. The van der Waals surface area contributed by atoms with Gasteiger partial charge in [0.2, 0.25) is 5.82 Å².